The number of rotatable bonds is 2. The molecular formula is C16H16N2O2. The largest absolute Gasteiger partial charge is 0.474 e. The predicted octanol–water partition coefficient (Wildman–Crippen LogP) is 3.26. The van der Waals surface area contributed by atoms with Crippen molar-refractivity contribution < 1.29 is 9.53 Å². The molecule has 0 radical (unpaired) electrons. The summed E-state index contributed by atoms with van der Waals surface area (Å²) in [5.41, 5.74) is 2.82. The Hall–Kier alpha value is -2.36. The molecule has 0 saturated carbocycles. The van der Waals surface area contributed by atoms with Crippen molar-refractivity contribution >= 4 is 11.4 Å². The third-order valence-corrected chi connectivity index (χ3v) is 3.31. The smallest absolute Gasteiger partial charge is 0.228 e. The summed E-state index contributed by atoms with van der Waals surface area (Å²) in [7, 11) is 0. The first-order valence-corrected chi connectivity index (χ1v) is 6.62. The Bertz CT molecular complexity index is 686. The van der Waals surface area contributed by atoms with E-state index in [1.807, 2.05) is 44.2 Å². The molecule has 1 aliphatic rings. The van der Waals surface area contributed by atoms with Crippen LogP contribution < -0.4 is 4.74 Å². The number of hydrogen-bond acceptors (Lipinski definition) is 3. The highest BCUT2D eigenvalue weighted by Crippen LogP contribution is 2.35. The van der Waals surface area contributed by atoms with Crippen LogP contribution in [0.5, 0.6) is 5.88 Å². The van der Waals surface area contributed by atoms with E-state index < -0.39 is 0 Å². The van der Waals surface area contributed by atoms with Gasteiger partial charge < -0.3 is 4.74 Å². The van der Waals surface area contributed by atoms with Gasteiger partial charge >= 0.3 is 0 Å². The first kappa shape index (κ1) is 12.7. The SMILES string of the molecule is C=C(C)c1nn(-c2ccccc2)c2c1C(=O)C[C@H](C)O2. The van der Waals surface area contributed by atoms with E-state index in [2.05, 4.69) is 11.7 Å². The molecule has 4 nitrogen and oxygen atoms in total. The number of para-hydroxylation sites is 1. The van der Waals surface area contributed by atoms with Crippen molar-refractivity contribution in [3.8, 4) is 11.6 Å². The number of ether oxygens (including phenoxy) is 1. The normalized spacial score (nSPS) is 17.5. The Morgan fingerprint density at radius 1 is 1.40 bits per heavy atom. The maximum Gasteiger partial charge on any atom is 0.228 e. The molecule has 0 bridgehead atoms. The molecule has 0 unspecified atom stereocenters. The van der Waals surface area contributed by atoms with Gasteiger partial charge in [0.05, 0.1) is 5.69 Å². The lowest BCUT2D eigenvalue weighted by Gasteiger charge is -2.21. The van der Waals surface area contributed by atoms with Crippen molar-refractivity contribution in [2.75, 3.05) is 0 Å². The highest BCUT2D eigenvalue weighted by molar-refractivity contribution is 6.03. The van der Waals surface area contributed by atoms with Crippen molar-refractivity contribution in [2.45, 2.75) is 26.4 Å². The van der Waals surface area contributed by atoms with Gasteiger partial charge in [0, 0.05) is 6.42 Å². The Kier molecular flexibility index (Phi) is 2.93. The summed E-state index contributed by atoms with van der Waals surface area (Å²) in [5, 5.41) is 4.52. The van der Waals surface area contributed by atoms with E-state index in [9.17, 15) is 4.79 Å². The third-order valence-electron chi connectivity index (χ3n) is 3.31. The summed E-state index contributed by atoms with van der Waals surface area (Å²) in [6, 6.07) is 9.66. The van der Waals surface area contributed by atoms with Crippen LogP contribution in [0.3, 0.4) is 0 Å². The zero-order chi connectivity index (χ0) is 14.3. The lowest BCUT2D eigenvalue weighted by atomic mass is 10.0. The van der Waals surface area contributed by atoms with Gasteiger partial charge in [0.2, 0.25) is 5.88 Å². The second-order valence-corrected chi connectivity index (χ2v) is 5.11. The molecule has 3 rings (SSSR count). The predicted molar refractivity (Wildman–Crippen MR) is 77.3 cm³/mol. The molecule has 1 atom stereocenters. The van der Waals surface area contributed by atoms with Gasteiger partial charge in [0.25, 0.3) is 0 Å². The fraction of sp³-hybridized carbons (Fsp3) is 0.250. The van der Waals surface area contributed by atoms with Gasteiger partial charge in [0.15, 0.2) is 5.78 Å². The molecule has 102 valence electrons. The van der Waals surface area contributed by atoms with Crippen molar-refractivity contribution in [3.05, 3.63) is 48.2 Å². The Morgan fingerprint density at radius 3 is 2.75 bits per heavy atom. The molecule has 2 heterocycles. The van der Waals surface area contributed by atoms with Crippen LogP contribution in [0.4, 0.5) is 0 Å². The van der Waals surface area contributed by atoms with E-state index in [4.69, 9.17) is 4.74 Å². The number of benzene rings is 1. The topological polar surface area (TPSA) is 44.1 Å². The van der Waals surface area contributed by atoms with Crippen LogP contribution in [-0.4, -0.2) is 21.7 Å². The third kappa shape index (κ3) is 1.93. The Morgan fingerprint density at radius 2 is 2.10 bits per heavy atom. The molecule has 20 heavy (non-hydrogen) atoms. The van der Waals surface area contributed by atoms with Crippen molar-refractivity contribution in [3.63, 3.8) is 0 Å². The summed E-state index contributed by atoms with van der Waals surface area (Å²) < 4.78 is 7.54. The number of Topliss-reactive ketones (excluding diaryl/α,β-unsaturated/α-hetero) is 1. The van der Waals surface area contributed by atoms with Crippen LogP contribution in [0.2, 0.25) is 0 Å². The Labute approximate surface area is 117 Å². The number of ketones is 1. The standard InChI is InChI=1S/C16H16N2O2/c1-10(2)15-14-13(19)9-11(3)20-16(14)18(17-15)12-7-5-4-6-8-12/h4-8,11H,1,9H2,2-3H3/t11-/m0/s1. The van der Waals surface area contributed by atoms with Crippen molar-refractivity contribution in [1.29, 1.82) is 0 Å². The highest BCUT2D eigenvalue weighted by Gasteiger charge is 2.32. The maximum absolute atomic E-state index is 12.3. The minimum absolute atomic E-state index is 0.0685. The number of aromatic nitrogens is 2. The lowest BCUT2D eigenvalue weighted by molar-refractivity contribution is 0.0860. The molecule has 2 aromatic rings. The molecule has 0 fully saturated rings. The molecule has 1 aliphatic heterocycles. The fourth-order valence-corrected chi connectivity index (χ4v) is 2.40. The van der Waals surface area contributed by atoms with Gasteiger partial charge in [-0.05, 0) is 31.6 Å². The number of fused-ring (bicyclic) bond motifs is 1. The van der Waals surface area contributed by atoms with Gasteiger partial charge in [-0.1, -0.05) is 24.8 Å². The summed E-state index contributed by atoms with van der Waals surface area (Å²) in [6.07, 6.45) is 0.250. The highest BCUT2D eigenvalue weighted by atomic mass is 16.5. The van der Waals surface area contributed by atoms with Crippen molar-refractivity contribution in [2.24, 2.45) is 0 Å². The van der Waals surface area contributed by atoms with E-state index in [1.54, 1.807) is 4.68 Å². The fourth-order valence-electron chi connectivity index (χ4n) is 2.40. The quantitative estimate of drug-likeness (QED) is 0.839. The minimum atomic E-state index is -0.132. The zero-order valence-electron chi connectivity index (χ0n) is 11.6. The summed E-state index contributed by atoms with van der Waals surface area (Å²) >= 11 is 0. The molecule has 1 aromatic carbocycles. The molecular weight excluding hydrogens is 252 g/mol. The first-order valence-electron chi connectivity index (χ1n) is 6.62. The van der Waals surface area contributed by atoms with Gasteiger partial charge in [-0.25, -0.2) is 0 Å². The van der Waals surface area contributed by atoms with E-state index in [0.29, 0.717) is 23.6 Å². The second-order valence-electron chi connectivity index (χ2n) is 5.11. The molecule has 0 aliphatic carbocycles. The number of carbonyl (C=O) groups is 1. The minimum Gasteiger partial charge on any atom is -0.474 e. The van der Waals surface area contributed by atoms with Gasteiger partial charge in [-0.2, -0.15) is 9.78 Å². The number of hydrogen-bond donors (Lipinski definition) is 0. The van der Waals surface area contributed by atoms with Gasteiger partial charge in [-0.15, -0.1) is 0 Å². The summed E-state index contributed by atoms with van der Waals surface area (Å²) in [6.45, 7) is 7.65. The van der Waals surface area contributed by atoms with Gasteiger partial charge in [-0.3, -0.25) is 4.79 Å². The lowest BCUT2D eigenvalue weighted by Crippen LogP contribution is -2.25. The summed E-state index contributed by atoms with van der Waals surface area (Å²) in [4.78, 5) is 12.3. The molecule has 0 amide bonds. The molecule has 4 heteroatoms. The molecule has 0 saturated heterocycles. The summed E-state index contributed by atoms with van der Waals surface area (Å²) in [5.74, 6) is 0.594. The maximum atomic E-state index is 12.3. The van der Waals surface area contributed by atoms with Crippen LogP contribution in [0, 0.1) is 0 Å². The van der Waals surface area contributed by atoms with E-state index in [0.717, 1.165) is 11.3 Å². The van der Waals surface area contributed by atoms with Crippen LogP contribution >= 0.6 is 0 Å². The van der Waals surface area contributed by atoms with E-state index in [-0.39, 0.29) is 11.9 Å². The Balaban J connectivity index is 2.25. The van der Waals surface area contributed by atoms with Crippen LogP contribution in [0.1, 0.15) is 36.3 Å². The average molecular weight is 268 g/mol. The molecule has 0 N–H and O–H groups in total. The second kappa shape index (κ2) is 4.63. The van der Waals surface area contributed by atoms with Crippen molar-refractivity contribution in [1.82, 2.24) is 9.78 Å². The zero-order valence-corrected chi connectivity index (χ0v) is 11.6. The number of nitrogens with zero attached hydrogens (tertiary/aromatic N) is 2. The number of allylic oxidation sites excluding steroid dienone is 1. The average Bonchev–Trinajstić information content (AvgIpc) is 2.79. The van der Waals surface area contributed by atoms with Crippen LogP contribution in [0.25, 0.3) is 11.3 Å². The van der Waals surface area contributed by atoms with Gasteiger partial charge in [0.1, 0.15) is 17.4 Å². The van der Waals surface area contributed by atoms with E-state index >= 15 is 0 Å². The first-order chi connectivity index (χ1) is 9.58. The van der Waals surface area contributed by atoms with Crippen LogP contribution in [0.15, 0.2) is 36.9 Å². The van der Waals surface area contributed by atoms with Crippen LogP contribution in [-0.2, 0) is 0 Å². The monoisotopic (exact) mass is 268 g/mol. The molecule has 0 spiro atoms. The number of carbonyl (C=O) groups excluding carboxylic acids is 1. The molecule has 1 aromatic heterocycles. The van der Waals surface area contributed by atoms with E-state index in [1.165, 1.54) is 0 Å².